The van der Waals surface area contributed by atoms with E-state index >= 15 is 0 Å². The molecule has 0 bridgehead atoms. The van der Waals surface area contributed by atoms with E-state index in [2.05, 4.69) is 15.4 Å². The van der Waals surface area contributed by atoms with E-state index in [-0.39, 0.29) is 6.03 Å². The van der Waals surface area contributed by atoms with Crippen LogP contribution in [-0.4, -0.2) is 25.7 Å². The number of nitrogens with one attached hydrogen (secondary N) is 1. The Bertz CT molecular complexity index is 577. The van der Waals surface area contributed by atoms with E-state index in [9.17, 15) is 4.79 Å². The van der Waals surface area contributed by atoms with Crippen LogP contribution in [0.4, 0.5) is 10.6 Å². The van der Waals surface area contributed by atoms with Crippen molar-refractivity contribution < 1.29 is 4.79 Å². The summed E-state index contributed by atoms with van der Waals surface area (Å²) in [5, 5.41) is 6.94. The molecule has 1 aliphatic rings. The number of aromatic nitrogens is 3. The van der Waals surface area contributed by atoms with E-state index in [0.717, 1.165) is 11.3 Å². The van der Waals surface area contributed by atoms with E-state index in [1.807, 2.05) is 30.1 Å². The third-order valence-corrected chi connectivity index (χ3v) is 3.04. The average Bonchev–Trinajstić information content (AvgIpc) is 2.93. The van der Waals surface area contributed by atoms with Crippen LogP contribution in [-0.2, 0) is 20.1 Å². The zero-order valence-electron chi connectivity index (χ0n) is 10.00. The maximum Gasteiger partial charge on any atom is 0.323 e. The molecule has 6 nitrogen and oxygen atoms in total. The topological polar surface area (TPSA) is 63.1 Å². The lowest BCUT2D eigenvalue weighted by molar-refractivity contribution is 0.211. The van der Waals surface area contributed by atoms with Gasteiger partial charge in [-0.25, -0.2) is 9.78 Å². The number of aryl methyl sites for hydroxylation is 1. The number of carbonyl (C=O) groups is 1. The highest BCUT2D eigenvalue weighted by atomic mass is 16.2. The van der Waals surface area contributed by atoms with Crippen LogP contribution < -0.4 is 5.32 Å². The molecule has 0 saturated carbocycles. The van der Waals surface area contributed by atoms with Crippen LogP contribution in [0, 0.1) is 0 Å². The van der Waals surface area contributed by atoms with Gasteiger partial charge >= 0.3 is 6.03 Å². The molecule has 0 fully saturated rings. The van der Waals surface area contributed by atoms with Gasteiger partial charge in [0.05, 0.1) is 25.0 Å². The van der Waals surface area contributed by atoms with E-state index in [1.54, 1.807) is 17.2 Å². The van der Waals surface area contributed by atoms with Gasteiger partial charge in [0.1, 0.15) is 5.82 Å². The molecule has 2 aromatic heterocycles. The van der Waals surface area contributed by atoms with Crippen LogP contribution in [0.15, 0.2) is 30.6 Å². The Labute approximate surface area is 104 Å². The van der Waals surface area contributed by atoms with Gasteiger partial charge in [0.15, 0.2) is 0 Å². The molecule has 1 N–H and O–H groups in total. The number of anilines is 1. The molecule has 0 radical (unpaired) electrons. The predicted octanol–water partition coefficient (Wildman–Crippen LogP) is 1.36. The number of nitrogens with zero attached hydrogens (tertiary/aromatic N) is 4. The molecule has 2 amide bonds. The van der Waals surface area contributed by atoms with E-state index < -0.39 is 0 Å². The Morgan fingerprint density at radius 3 is 3.00 bits per heavy atom. The number of carbonyl (C=O) groups excluding carboxylic acids is 1. The zero-order chi connectivity index (χ0) is 12.5. The average molecular weight is 243 g/mol. The second-order valence-corrected chi connectivity index (χ2v) is 4.24. The summed E-state index contributed by atoms with van der Waals surface area (Å²) in [6.45, 7) is 1.19. The molecule has 0 aliphatic carbocycles. The molecule has 0 aromatic carbocycles. The van der Waals surface area contributed by atoms with E-state index in [1.165, 1.54) is 0 Å². The van der Waals surface area contributed by atoms with Gasteiger partial charge in [-0.1, -0.05) is 6.07 Å². The second kappa shape index (κ2) is 4.14. The summed E-state index contributed by atoms with van der Waals surface area (Å²) in [5.41, 5.74) is 2.19. The first-order chi connectivity index (χ1) is 8.74. The molecule has 0 spiro atoms. The third kappa shape index (κ3) is 1.81. The Hall–Kier alpha value is -2.37. The fourth-order valence-electron chi connectivity index (χ4n) is 2.06. The largest absolute Gasteiger partial charge is 0.323 e. The Morgan fingerprint density at radius 2 is 2.28 bits per heavy atom. The maximum atomic E-state index is 12.0. The molecule has 2 aromatic rings. The SMILES string of the molecule is Cn1ncc2c1CN(C(=O)Nc1ccccn1)C2. The molecule has 6 heteroatoms. The molecule has 3 rings (SSSR count). The smallest absolute Gasteiger partial charge is 0.314 e. The highest BCUT2D eigenvalue weighted by Crippen LogP contribution is 2.22. The van der Waals surface area contributed by atoms with Gasteiger partial charge < -0.3 is 4.90 Å². The van der Waals surface area contributed by atoms with Crippen molar-refractivity contribution in [3.63, 3.8) is 0 Å². The van der Waals surface area contributed by atoms with Gasteiger partial charge in [0.25, 0.3) is 0 Å². The molecule has 1 aliphatic heterocycles. The normalized spacial score (nSPS) is 13.5. The molecule has 92 valence electrons. The van der Waals surface area contributed by atoms with Gasteiger partial charge in [0.2, 0.25) is 0 Å². The monoisotopic (exact) mass is 243 g/mol. The summed E-state index contributed by atoms with van der Waals surface area (Å²) in [4.78, 5) is 17.8. The van der Waals surface area contributed by atoms with Gasteiger partial charge in [0, 0.05) is 18.8 Å². The Balaban J connectivity index is 1.69. The van der Waals surface area contributed by atoms with Gasteiger partial charge in [-0.05, 0) is 12.1 Å². The summed E-state index contributed by atoms with van der Waals surface area (Å²) < 4.78 is 1.81. The summed E-state index contributed by atoms with van der Waals surface area (Å²) in [7, 11) is 1.89. The minimum Gasteiger partial charge on any atom is -0.314 e. The number of amides is 2. The van der Waals surface area contributed by atoms with Gasteiger partial charge in [-0.3, -0.25) is 10.00 Å². The second-order valence-electron chi connectivity index (χ2n) is 4.24. The minimum absolute atomic E-state index is 0.134. The Kier molecular flexibility index (Phi) is 2.47. The van der Waals surface area contributed by atoms with Crippen LogP contribution in [0.1, 0.15) is 11.3 Å². The lowest BCUT2D eigenvalue weighted by Gasteiger charge is -2.16. The van der Waals surface area contributed by atoms with Gasteiger partial charge in [-0.2, -0.15) is 5.10 Å². The van der Waals surface area contributed by atoms with Crippen molar-refractivity contribution in [2.75, 3.05) is 5.32 Å². The molecule has 0 atom stereocenters. The molecular weight excluding hydrogens is 230 g/mol. The van der Waals surface area contributed by atoms with Crippen molar-refractivity contribution in [2.45, 2.75) is 13.1 Å². The van der Waals surface area contributed by atoms with Crippen molar-refractivity contribution in [3.05, 3.63) is 41.9 Å². The zero-order valence-corrected chi connectivity index (χ0v) is 10.00. The molecule has 0 unspecified atom stereocenters. The minimum atomic E-state index is -0.134. The van der Waals surface area contributed by atoms with Crippen molar-refractivity contribution in [2.24, 2.45) is 7.05 Å². The highest BCUT2D eigenvalue weighted by Gasteiger charge is 2.26. The van der Waals surface area contributed by atoms with Crippen LogP contribution in [0.2, 0.25) is 0 Å². The van der Waals surface area contributed by atoms with Crippen LogP contribution in [0.25, 0.3) is 0 Å². The first-order valence-corrected chi connectivity index (χ1v) is 5.71. The van der Waals surface area contributed by atoms with Crippen LogP contribution in [0.5, 0.6) is 0 Å². The predicted molar refractivity (Wildman–Crippen MR) is 65.7 cm³/mol. The third-order valence-electron chi connectivity index (χ3n) is 3.04. The number of urea groups is 1. The number of hydrogen-bond acceptors (Lipinski definition) is 3. The molecule has 18 heavy (non-hydrogen) atoms. The van der Waals surface area contributed by atoms with Crippen LogP contribution in [0.3, 0.4) is 0 Å². The lowest BCUT2D eigenvalue weighted by atomic mass is 10.3. The number of rotatable bonds is 1. The quantitative estimate of drug-likeness (QED) is 0.822. The lowest BCUT2D eigenvalue weighted by Crippen LogP contribution is -2.31. The first kappa shape index (κ1) is 10.8. The standard InChI is InChI=1S/C12H13N5O/c1-16-10-8-17(7-9(10)6-14-16)12(18)15-11-4-2-3-5-13-11/h2-6H,7-8H2,1H3,(H,13,15,18). The van der Waals surface area contributed by atoms with Crippen molar-refractivity contribution >= 4 is 11.8 Å². The molecule has 3 heterocycles. The number of pyridine rings is 1. The van der Waals surface area contributed by atoms with E-state index in [0.29, 0.717) is 18.9 Å². The maximum absolute atomic E-state index is 12.0. The Morgan fingerprint density at radius 1 is 1.39 bits per heavy atom. The van der Waals surface area contributed by atoms with E-state index in [4.69, 9.17) is 0 Å². The molecular formula is C12H13N5O. The summed E-state index contributed by atoms with van der Waals surface area (Å²) in [6, 6.07) is 5.28. The molecule has 0 saturated heterocycles. The number of fused-ring (bicyclic) bond motifs is 1. The first-order valence-electron chi connectivity index (χ1n) is 5.71. The van der Waals surface area contributed by atoms with Crippen molar-refractivity contribution in [3.8, 4) is 0 Å². The van der Waals surface area contributed by atoms with Crippen molar-refractivity contribution in [1.82, 2.24) is 19.7 Å². The number of hydrogen-bond donors (Lipinski definition) is 1. The summed E-state index contributed by atoms with van der Waals surface area (Å²) in [6.07, 6.45) is 3.46. The summed E-state index contributed by atoms with van der Waals surface area (Å²) >= 11 is 0. The van der Waals surface area contributed by atoms with Crippen LogP contribution >= 0.6 is 0 Å². The fourth-order valence-corrected chi connectivity index (χ4v) is 2.06. The fraction of sp³-hybridized carbons (Fsp3) is 0.250. The highest BCUT2D eigenvalue weighted by molar-refractivity contribution is 5.88. The summed E-state index contributed by atoms with van der Waals surface area (Å²) in [5.74, 6) is 0.566. The van der Waals surface area contributed by atoms with Gasteiger partial charge in [-0.15, -0.1) is 0 Å². The van der Waals surface area contributed by atoms with Crippen molar-refractivity contribution in [1.29, 1.82) is 0 Å².